The molecular formula is C16H15N3S2. The lowest BCUT2D eigenvalue weighted by molar-refractivity contribution is 1.11. The maximum atomic E-state index is 5.80. The molecule has 0 spiro atoms. The first kappa shape index (κ1) is 14.0. The first-order valence-electron chi connectivity index (χ1n) is 6.62. The molecule has 0 aliphatic carbocycles. The highest BCUT2D eigenvalue weighted by atomic mass is 32.1. The van der Waals surface area contributed by atoms with Crippen molar-refractivity contribution in [2.75, 3.05) is 5.32 Å². The van der Waals surface area contributed by atoms with Gasteiger partial charge in [-0.1, -0.05) is 36.5 Å². The Morgan fingerprint density at radius 1 is 1.24 bits per heavy atom. The molecule has 2 aromatic carbocycles. The van der Waals surface area contributed by atoms with Gasteiger partial charge in [0, 0.05) is 27.7 Å². The van der Waals surface area contributed by atoms with E-state index in [1.54, 1.807) is 11.3 Å². The van der Waals surface area contributed by atoms with E-state index in [2.05, 4.69) is 23.3 Å². The number of hydrogen-bond donors (Lipinski definition) is 2. The van der Waals surface area contributed by atoms with Gasteiger partial charge in [0.15, 0.2) is 0 Å². The van der Waals surface area contributed by atoms with E-state index in [4.69, 9.17) is 18.0 Å². The molecule has 0 aliphatic heterocycles. The summed E-state index contributed by atoms with van der Waals surface area (Å²) in [5.74, 6) is 0. The van der Waals surface area contributed by atoms with Gasteiger partial charge in [0.2, 0.25) is 0 Å². The Hall–Kier alpha value is -1.98. The SMILES string of the molecule is Cc1cnc(CNc2ccc(C(N)=S)c3ccccc23)s1. The van der Waals surface area contributed by atoms with Gasteiger partial charge in [-0.2, -0.15) is 0 Å². The van der Waals surface area contributed by atoms with Crippen LogP contribution in [0.25, 0.3) is 10.8 Å². The molecule has 0 atom stereocenters. The molecule has 3 N–H and O–H groups in total. The van der Waals surface area contributed by atoms with Crippen LogP contribution < -0.4 is 11.1 Å². The third kappa shape index (κ3) is 2.89. The summed E-state index contributed by atoms with van der Waals surface area (Å²) in [6.45, 7) is 2.78. The van der Waals surface area contributed by atoms with Crippen molar-refractivity contribution in [3.8, 4) is 0 Å². The number of aryl methyl sites for hydroxylation is 1. The highest BCUT2D eigenvalue weighted by molar-refractivity contribution is 7.80. The predicted octanol–water partition coefficient (Wildman–Crippen LogP) is 3.85. The van der Waals surface area contributed by atoms with Gasteiger partial charge in [-0.25, -0.2) is 4.98 Å². The van der Waals surface area contributed by atoms with Gasteiger partial charge in [-0.3, -0.25) is 0 Å². The van der Waals surface area contributed by atoms with E-state index in [-0.39, 0.29) is 0 Å². The Kier molecular flexibility index (Phi) is 3.86. The number of nitrogens with zero attached hydrogens (tertiary/aromatic N) is 1. The summed E-state index contributed by atoms with van der Waals surface area (Å²) in [4.78, 5) is 6.02. The Bertz CT molecular complexity index is 808. The summed E-state index contributed by atoms with van der Waals surface area (Å²) >= 11 is 6.83. The zero-order valence-electron chi connectivity index (χ0n) is 11.6. The van der Waals surface area contributed by atoms with Gasteiger partial charge < -0.3 is 11.1 Å². The fraction of sp³-hybridized carbons (Fsp3) is 0.125. The van der Waals surface area contributed by atoms with Crippen LogP contribution >= 0.6 is 23.6 Å². The molecule has 0 unspecified atom stereocenters. The summed E-state index contributed by atoms with van der Waals surface area (Å²) in [6.07, 6.45) is 1.90. The van der Waals surface area contributed by atoms with Gasteiger partial charge in [-0.15, -0.1) is 11.3 Å². The number of anilines is 1. The minimum absolute atomic E-state index is 0.424. The summed E-state index contributed by atoms with van der Waals surface area (Å²) in [5.41, 5.74) is 7.78. The van der Waals surface area contributed by atoms with Gasteiger partial charge in [0.1, 0.15) is 10.00 Å². The monoisotopic (exact) mass is 313 g/mol. The van der Waals surface area contributed by atoms with Crippen molar-refractivity contribution >= 4 is 45.0 Å². The van der Waals surface area contributed by atoms with E-state index in [0.29, 0.717) is 4.99 Å². The first-order valence-corrected chi connectivity index (χ1v) is 7.84. The van der Waals surface area contributed by atoms with Crippen molar-refractivity contribution in [2.45, 2.75) is 13.5 Å². The van der Waals surface area contributed by atoms with Crippen molar-refractivity contribution in [1.82, 2.24) is 4.98 Å². The molecule has 5 heteroatoms. The van der Waals surface area contributed by atoms with Crippen molar-refractivity contribution in [3.63, 3.8) is 0 Å². The number of nitrogens with two attached hydrogens (primary N) is 1. The number of aromatic nitrogens is 1. The lowest BCUT2D eigenvalue weighted by Crippen LogP contribution is -2.10. The van der Waals surface area contributed by atoms with Gasteiger partial charge >= 0.3 is 0 Å². The second kappa shape index (κ2) is 5.79. The van der Waals surface area contributed by atoms with Gasteiger partial charge in [-0.05, 0) is 24.4 Å². The van der Waals surface area contributed by atoms with E-state index in [0.717, 1.165) is 33.6 Å². The molecule has 0 amide bonds. The topological polar surface area (TPSA) is 50.9 Å². The lowest BCUT2D eigenvalue weighted by atomic mass is 10.0. The normalized spacial score (nSPS) is 10.7. The maximum Gasteiger partial charge on any atom is 0.112 e. The lowest BCUT2D eigenvalue weighted by Gasteiger charge is -2.11. The molecule has 21 heavy (non-hydrogen) atoms. The van der Waals surface area contributed by atoms with Crippen LogP contribution in [0, 0.1) is 6.92 Å². The Labute approximate surface area is 132 Å². The number of nitrogens with one attached hydrogen (secondary N) is 1. The number of benzene rings is 2. The molecule has 1 heterocycles. The molecule has 106 valence electrons. The number of fused-ring (bicyclic) bond motifs is 1. The summed E-state index contributed by atoms with van der Waals surface area (Å²) in [5, 5.41) is 6.72. The van der Waals surface area contributed by atoms with E-state index < -0.39 is 0 Å². The molecule has 1 aromatic heterocycles. The molecule has 0 aliphatic rings. The van der Waals surface area contributed by atoms with Crippen molar-refractivity contribution in [2.24, 2.45) is 5.73 Å². The Morgan fingerprint density at radius 3 is 2.67 bits per heavy atom. The first-order chi connectivity index (χ1) is 10.1. The smallest absolute Gasteiger partial charge is 0.112 e. The Morgan fingerprint density at radius 2 is 2.00 bits per heavy atom. The molecule has 3 nitrogen and oxygen atoms in total. The van der Waals surface area contributed by atoms with Crippen LogP contribution in [0.2, 0.25) is 0 Å². The number of rotatable bonds is 4. The largest absolute Gasteiger partial charge is 0.389 e. The van der Waals surface area contributed by atoms with E-state index in [1.165, 1.54) is 4.88 Å². The number of thiocarbonyl (C=S) groups is 1. The second-order valence-corrected chi connectivity index (χ2v) is 6.55. The summed E-state index contributed by atoms with van der Waals surface area (Å²) < 4.78 is 0. The Balaban J connectivity index is 1.96. The molecule has 0 bridgehead atoms. The van der Waals surface area contributed by atoms with Crippen LogP contribution in [0.4, 0.5) is 5.69 Å². The van der Waals surface area contributed by atoms with Gasteiger partial charge in [0.05, 0.1) is 6.54 Å². The minimum atomic E-state index is 0.424. The molecule has 3 aromatic rings. The fourth-order valence-electron chi connectivity index (χ4n) is 2.32. The molecule has 3 rings (SSSR count). The number of thiazole rings is 1. The summed E-state index contributed by atoms with van der Waals surface area (Å²) in [7, 11) is 0. The van der Waals surface area contributed by atoms with Gasteiger partial charge in [0.25, 0.3) is 0 Å². The van der Waals surface area contributed by atoms with Crippen LogP contribution in [0.1, 0.15) is 15.4 Å². The predicted molar refractivity (Wildman–Crippen MR) is 94.0 cm³/mol. The maximum absolute atomic E-state index is 5.80. The quantitative estimate of drug-likeness (QED) is 0.718. The van der Waals surface area contributed by atoms with Crippen LogP contribution in [0.3, 0.4) is 0 Å². The van der Waals surface area contributed by atoms with Crippen molar-refractivity contribution in [3.05, 3.63) is 58.0 Å². The average Bonchev–Trinajstić information content (AvgIpc) is 2.90. The average molecular weight is 313 g/mol. The minimum Gasteiger partial charge on any atom is -0.389 e. The van der Waals surface area contributed by atoms with Crippen LogP contribution in [-0.2, 0) is 6.54 Å². The summed E-state index contributed by atoms with van der Waals surface area (Å²) in [6, 6.07) is 12.1. The highest BCUT2D eigenvalue weighted by Crippen LogP contribution is 2.27. The molecule has 0 saturated carbocycles. The second-order valence-electron chi connectivity index (χ2n) is 4.79. The number of hydrogen-bond acceptors (Lipinski definition) is 4. The fourth-order valence-corrected chi connectivity index (χ4v) is 3.23. The zero-order chi connectivity index (χ0) is 14.8. The zero-order valence-corrected chi connectivity index (χ0v) is 13.2. The van der Waals surface area contributed by atoms with E-state index in [1.807, 2.05) is 36.5 Å². The van der Waals surface area contributed by atoms with Crippen LogP contribution in [-0.4, -0.2) is 9.97 Å². The van der Waals surface area contributed by atoms with Crippen molar-refractivity contribution in [1.29, 1.82) is 0 Å². The molecule has 0 fully saturated rings. The van der Waals surface area contributed by atoms with E-state index >= 15 is 0 Å². The van der Waals surface area contributed by atoms with E-state index in [9.17, 15) is 0 Å². The third-order valence-electron chi connectivity index (χ3n) is 3.29. The standard InChI is InChI=1S/C16H15N3S2/c1-10-8-19-15(21-10)9-18-14-7-6-13(16(17)20)11-4-2-3-5-12(11)14/h2-8,18H,9H2,1H3,(H2,17,20). The molecule has 0 radical (unpaired) electrons. The highest BCUT2D eigenvalue weighted by Gasteiger charge is 2.08. The third-order valence-corrected chi connectivity index (χ3v) is 4.42. The van der Waals surface area contributed by atoms with Crippen LogP contribution in [0.5, 0.6) is 0 Å². The van der Waals surface area contributed by atoms with Crippen LogP contribution in [0.15, 0.2) is 42.6 Å². The molecule has 0 saturated heterocycles. The molecular weight excluding hydrogens is 298 g/mol. The van der Waals surface area contributed by atoms with Crippen molar-refractivity contribution < 1.29 is 0 Å².